The summed E-state index contributed by atoms with van der Waals surface area (Å²) in [5.74, 6) is 0.466. The summed E-state index contributed by atoms with van der Waals surface area (Å²) in [6, 6.07) is 11.7. The number of hydrogen-bond acceptors (Lipinski definition) is 7. The molecule has 9 nitrogen and oxygen atoms in total. The molecule has 2 aromatic carbocycles. The standard InChI is InChI=1S/C21H24N4O5S/c1-14-10-17(28-7-4-8-29-25-21(22)23)12-18(11-14)30-31(26,27)19-6-3-5-16-9-15(2)13-24-20(16)19/h3,5-6,9-13H,4,7-8H2,1-2H3,(H4,22,23,25). The molecule has 31 heavy (non-hydrogen) atoms. The van der Waals surface area contributed by atoms with E-state index in [0.29, 0.717) is 24.3 Å². The number of fused-ring (bicyclic) bond motifs is 1. The molecule has 0 spiro atoms. The fraction of sp³-hybridized carbons (Fsp3) is 0.238. The van der Waals surface area contributed by atoms with E-state index in [1.165, 1.54) is 12.1 Å². The van der Waals surface area contributed by atoms with Gasteiger partial charge in [-0.15, -0.1) is 0 Å². The number of pyridine rings is 1. The maximum absolute atomic E-state index is 13.0. The predicted octanol–water partition coefficient (Wildman–Crippen LogP) is 2.59. The fourth-order valence-electron chi connectivity index (χ4n) is 2.90. The molecule has 1 aromatic heterocycles. The Labute approximate surface area is 180 Å². The van der Waals surface area contributed by atoms with E-state index in [0.717, 1.165) is 16.5 Å². The molecular formula is C21H24N4O5S. The second-order valence-electron chi connectivity index (χ2n) is 6.91. The van der Waals surface area contributed by atoms with Gasteiger partial charge in [0.05, 0.1) is 12.1 Å². The topological polar surface area (TPSA) is 139 Å². The van der Waals surface area contributed by atoms with Crippen molar-refractivity contribution in [1.29, 1.82) is 0 Å². The van der Waals surface area contributed by atoms with E-state index in [-0.39, 0.29) is 23.2 Å². The van der Waals surface area contributed by atoms with Crippen LogP contribution >= 0.6 is 0 Å². The zero-order valence-electron chi connectivity index (χ0n) is 17.2. The highest BCUT2D eigenvalue weighted by Gasteiger charge is 2.21. The Kier molecular flexibility index (Phi) is 6.81. The number of aryl methyl sites for hydroxylation is 2. The van der Waals surface area contributed by atoms with Crippen LogP contribution in [0.25, 0.3) is 10.9 Å². The van der Waals surface area contributed by atoms with Crippen LogP contribution in [0.4, 0.5) is 0 Å². The number of oxime groups is 1. The Balaban J connectivity index is 1.74. The van der Waals surface area contributed by atoms with Gasteiger partial charge in [0.15, 0.2) is 0 Å². The van der Waals surface area contributed by atoms with Crippen LogP contribution in [0.15, 0.2) is 58.7 Å². The Morgan fingerprint density at radius 2 is 1.81 bits per heavy atom. The summed E-state index contributed by atoms with van der Waals surface area (Å²) in [6.07, 6.45) is 2.15. The lowest BCUT2D eigenvalue weighted by atomic mass is 10.2. The van der Waals surface area contributed by atoms with Crippen molar-refractivity contribution in [3.63, 3.8) is 0 Å². The molecule has 0 unspecified atom stereocenters. The third-order valence-corrected chi connectivity index (χ3v) is 5.41. The molecule has 0 aliphatic heterocycles. The molecule has 3 rings (SSSR count). The van der Waals surface area contributed by atoms with Gasteiger partial charge in [-0.3, -0.25) is 4.98 Å². The molecule has 0 aliphatic rings. The van der Waals surface area contributed by atoms with Crippen LogP contribution in [0.2, 0.25) is 0 Å². The van der Waals surface area contributed by atoms with E-state index in [1.54, 1.807) is 24.4 Å². The number of benzene rings is 2. The second kappa shape index (κ2) is 9.52. The average molecular weight is 445 g/mol. The zero-order valence-corrected chi connectivity index (χ0v) is 18.1. The van der Waals surface area contributed by atoms with Gasteiger partial charge in [0.1, 0.15) is 23.0 Å². The number of hydrogen-bond donors (Lipinski definition) is 2. The quantitative estimate of drug-likeness (QED) is 0.169. The summed E-state index contributed by atoms with van der Waals surface area (Å²) >= 11 is 0. The summed E-state index contributed by atoms with van der Waals surface area (Å²) in [5, 5.41) is 4.14. The Morgan fingerprint density at radius 3 is 2.58 bits per heavy atom. The van der Waals surface area contributed by atoms with Crippen molar-refractivity contribution in [3.05, 3.63) is 59.8 Å². The molecule has 10 heteroatoms. The first-order valence-corrected chi connectivity index (χ1v) is 10.9. The minimum atomic E-state index is -4.10. The summed E-state index contributed by atoms with van der Waals surface area (Å²) in [5.41, 5.74) is 12.4. The van der Waals surface area contributed by atoms with Crippen molar-refractivity contribution in [2.24, 2.45) is 16.6 Å². The summed E-state index contributed by atoms with van der Waals surface area (Å²) in [7, 11) is -4.10. The van der Waals surface area contributed by atoms with Crippen LogP contribution in [-0.2, 0) is 15.0 Å². The minimum Gasteiger partial charge on any atom is -0.493 e. The fourth-order valence-corrected chi connectivity index (χ4v) is 3.99. The number of nitrogens with two attached hydrogens (primary N) is 2. The summed E-state index contributed by atoms with van der Waals surface area (Å²) in [6.45, 7) is 4.30. The molecule has 0 saturated carbocycles. The molecule has 0 atom stereocenters. The van der Waals surface area contributed by atoms with Crippen LogP contribution in [0, 0.1) is 13.8 Å². The largest absolute Gasteiger partial charge is 0.493 e. The van der Waals surface area contributed by atoms with E-state index in [1.807, 2.05) is 26.0 Å². The van der Waals surface area contributed by atoms with Gasteiger partial charge in [-0.1, -0.05) is 12.1 Å². The third-order valence-electron chi connectivity index (χ3n) is 4.13. The molecule has 164 valence electrons. The molecule has 0 radical (unpaired) electrons. The molecular weight excluding hydrogens is 420 g/mol. The predicted molar refractivity (Wildman–Crippen MR) is 117 cm³/mol. The molecule has 4 N–H and O–H groups in total. The lowest BCUT2D eigenvalue weighted by Crippen LogP contribution is -2.23. The number of guanidine groups is 1. The number of para-hydroxylation sites is 1. The SMILES string of the molecule is Cc1cc(OCCCON=C(N)N)cc(OS(=O)(=O)c2cccc3cc(C)cnc23)c1. The van der Waals surface area contributed by atoms with Gasteiger partial charge in [0.25, 0.3) is 0 Å². The Hall–Kier alpha value is -3.53. The van der Waals surface area contributed by atoms with Gasteiger partial charge < -0.3 is 25.2 Å². The van der Waals surface area contributed by atoms with Crippen LogP contribution in [0.1, 0.15) is 17.5 Å². The van der Waals surface area contributed by atoms with Crippen LogP contribution in [-0.4, -0.2) is 32.6 Å². The molecule has 1 heterocycles. The molecule has 0 fully saturated rings. The van der Waals surface area contributed by atoms with Crippen molar-refractivity contribution < 1.29 is 22.2 Å². The number of ether oxygens (including phenoxy) is 1. The number of nitrogens with zero attached hydrogens (tertiary/aromatic N) is 2. The van der Waals surface area contributed by atoms with Crippen molar-refractivity contribution >= 4 is 27.0 Å². The molecule has 0 amide bonds. The van der Waals surface area contributed by atoms with Gasteiger partial charge in [-0.05, 0) is 54.4 Å². The van der Waals surface area contributed by atoms with E-state index in [4.69, 9.17) is 25.2 Å². The lowest BCUT2D eigenvalue weighted by molar-refractivity contribution is 0.127. The van der Waals surface area contributed by atoms with Crippen LogP contribution < -0.4 is 20.4 Å². The molecule has 0 saturated heterocycles. The normalized spacial score (nSPS) is 11.2. The van der Waals surface area contributed by atoms with E-state index in [9.17, 15) is 8.42 Å². The van der Waals surface area contributed by atoms with Gasteiger partial charge in [0.2, 0.25) is 5.96 Å². The van der Waals surface area contributed by atoms with E-state index >= 15 is 0 Å². The number of rotatable bonds is 9. The first-order valence-electron chi connectivity index (χ1n) is 9.50. The van der Waals surface area contributed by atoms with Gasteiger partial charge >= 0.3 is 10.1 Å². The average Bonchev–Trinajstić information content (AvgIpc) is 2.69. The Bertz CT molecular complexity index is 1210. The maximum atomic E-state index is 13.0. The monoisotopic (exact) mass is 444 g/mol. The van der Waals surface area contributed by atoms with Gasteiger partial charge in [0, 0.05) is 24.1 Å². The van der Waals surface area contributed by atoms with Crippen LogP contribution in [0.5, 0.6) is 11.5 Å². The smallest absolute Gasteiger partial charge is 0.341 e. The van der Waals surface area contributed by atoms with Crippen molar-refractivity contribution in [3.8, 4) is 11.5 Å². The second-order valence-corrected chi connectivity index (χ2v) is 8.43. The van der Waals surface area contributed by atoms with Crippen LogP contribution in [0.3, 0.4) is 0 Å². The van der Waals surface area contributed by atoms with Crippen molar-refractivity contribution in [1.82, 2.24) is 4.98 Å². The third kappa shape index (κ3) is 5.98. The maximum Gasteiger partial charge on any atom is 0.341 e. The van der Waals surface area contributed by atoms with E-state index in [2.05, 4.69) is 10.1 Å². The molecule has 3 aromatic rings. The minimum absolute atomic E-state index is 0.00542. The summed E-state index contributed by atoms with van der Waals surface area (Å²) < 4.78 is 37.0. The highest BCUT2D eigenvalue weighted by molar-refractivity contribution is 7.87. The van der Waals surface area contributed by atoms with Crippen molar-refractivity contribution in [2.75, 3.05) is 13.2 Å². The lowest BCUT2D eigenvalue weighted by Gasteiger charge is -2.12. The Morgan fingerprint density at radius 1 is 1.03 bits per heavy atom. The van der Waals surface area contributed by atoms with Crippen molar-refractivity contribution in [2.45, 2.75) is 25.2 Å². The number of aromatic nitrogens is 1. The first-order chi connectivity index (χ1) is 14.7. The molecule has 0 bridgehead atoms. The zero-order chi connectivity index (χ0) is 22.4. The van der Waals surface area contributed by atoms with Gasteiger partial charge in [-0.2, -0.15) is 8.42 Å². The van der Waals surface area contributed by atoms with E-state index < -0.39 is 10.1 Å². The highest BCUT2D eigenvalue weighted by atomic mass is 32.2. The first kappa shape index (κ1) is 22.2. The molecule has 0 aliphatic carbocycles. The summed E-state index contributed by atoms with van der Waals surface area (Å²) in [4.78, 5) is 9.17. The van der Waals surface area contributed by atoms with Gasteiger partial charge in [-0.25, -0.2) is 0 Å². The highest BCUT2D eigenvalue weighted by Crippen LogP contribution is 2.28.